The molecule has 0 aliphatic carbocycles. The summed E-state index contributed by atoms with van der Waals surface area (Å²) in [6.07, 6.45) is 1.23. The van der Waals surface area contributed by atoms with Crippen LogP contribution in [0.15, 0.2) is 36.5 Å². The van der Waals surface area contributed by atoms with Crippen molar-refractivity contribution in [2.45, 2.75) is 20.0 Å². The van der Waals surface area contributed by atoms with Gasteiger partial charge < -0.3 is 10.6 Å². The summed E-state index contributed by atoms with van der Waals surface area (Å²) in [4.78, 5) is 6.14. The lowest BCUT2D eigenvalue weighted by Crippen LogP contribution is -2.21. The predicted octanol–water partition coefficient (Wildman–Crippen LogP) is 2.62. The molecule has 0 radical (unpaired) electrons. The first-order valence-electron chi connectivity index (χ1n) is 6.22. The average molecular weight is 259 g/mol. The molecule has 0 spiro atoms. The third kappa shape index (κ3) is 3.09. The molecular formula is C15H18FN3. The van der Waals surface area contributed by atoms with E-state index in [-0.39, 0.29) is 12.4 Å². The molecule has 1 aromatic carbocycles. The zero-order valence-electron chi connectivity index (χ0n) is 11.2. The molecule has 0 saturated heterocycles. The number of halogens is 1. The van der Waals surface area contributed by atoms with Gasteiger partial charge in [0.2, 0.25) is 0 Å². The van der Waals surface area contributed by atoms with Crippen molar-refractivity contribution in [2.75, 3.05) is 11.9 Å². The van der Waals surface area contributed by atoms with Crippen LogP contribution in [-0.4, -0.2) is 12.0 Å². The van der Waals surface area contributed by atoms with Crippen LogP contribution in [0.5, 0.6) is 0 Å². The highest BCUT2D eigenvalue weighted by atomic mass is 19.1. The molecule has 2 rings (SSSR count). The Morgan fingerprint density at radius 1 is 1.26 bits per heavy atom. The van der Waals surface area contributed by atoms with Crippen molar-refractivity contribution in [1.82, 2.24) is 4.98 Å². The smallest absolute Gasteiger partial charge is 0.141 e. The van der Waals surface area contributed by atoms with Crippen molar-refractivity contribution >= 4 is 5.82 Å². The average Bonchev–Trinajstić information content (AvgIpc) is 2.41. The molecule has 1 aromatic heterocycles. The second kappa shape index (κ2) is 5.80. The number of aryl methyl sites for hydroxylation is 1. The number of aromatic nitrogens is 1. The molecule has 19 heavy (non-hydrogen) atoms. The zero-order chi connectivity index (χ0) is 13.8. The molecule has 4 heteroatoms. The van der Waals surface area contributed by atoms with Gasteiger partial charge in [0, 0.05) is 25.7 Å². The second-order valence-corrected chi connectivity index (χ2v) is 4.62. The van der Waals surface area contributed by atoms with E-state index in [4.69, 9.17) is 5.73 Å². The molecule has 0 bridgehead atoms. The third-order valence-electron chi connectivity index (χ3n) is 3.16. The summed E-state index contributed by atoms with van der Waals surface area (Å²) in [5.41, 5.74) is 8.81. The van der Waals surface area contributed by atoms with Gasteiger partial charge in [0.25, 0.3) is 0 Å². The number of hydrogen-bond acceptors (Lipinski definition) is 3. The van der Waals surface area contributed by atoms with Gasteiger partial charge in [-0.05, 0) is 24.1 Å². The maximum absolute atomic E-state index is 13.2. The van der Waals surface area contributed by atoms with E-state index < -0.39 is 0 Å². The Hall–Kier alpha value is -1.94. The Morgan fingerprint density at radius 3 is 2.68 bits per heavy atom. The minimum absolute atomic E-state index is 0.276. The van der Waals surface area contributed by atoms with Gasteiger partial charge in [-0.2, -0.15) is 0 Å². The fourth-order valence-electron chi connectivity index (χ4n) is 2.09. The highest BCUT2D eigenvalue weighted by Gasteiger charge is 2.10. The summed E-state index contributed by atoms with van der Waals surface area (Å²) in [6, 6.07) is 9.62. The van der Waals surface area contributed by atoms with Gasteiger partial charge in [-0.15, -0.1) is 0 Å². The fourth-order valence-corrected chi connectivity index (χ4v) is 2.09. The second-order valence-electron chi connectivity index (χ2n) is 4.62. The summed E-state index contributed by atoms with van der Waals surface area (Å²) in [5.74, 6) is 0.376. The molecule has 1 heterocycles. The SMILES string of the molecule is Cc1ccccc1CN(C)c1ncc(F)cc1CN. The van der Waals surface area contributed by atoms with E-state index in [0.717, 1.165) is 17.9 Å². The molecule has 100 valence electrons. The first-order valence-corrected chi connectivity index (χ1v) is 6.22. The molecule has 0 unspecified atom stereocenters. The Balaban J connectivity index is 2.25. The Bertz CT molecular complexity index is 569. The molecule has 0 saturated carbocycles. The van der Waals surface area contributed by atoms with E-state index in [2.05, 4.69) is 24.0 Å². The summed E-state index contributed by atoms with van der Waals surface area (Å²) in [7, 11) is 1.94. The molecular weight excluding hydrogens is 241 g/mol. The van der Waals surface area contributed by atoms with Crippen LogP contribution in [0.4, 0.5) is 10.2 Å². The number of rotatable bonds is 4. The van der Waals surface area contributed by atoms with Crippen molar-refractivity contribution in [3.05, 3.63) is 59.0 Å². The molecule has 3 nitrogen and oxygen atoms in total. The first kappa shape index (κ1) is 13.5. The largest absolute Gasteiger partial charge is 0.355 e. The minimum atomic E-state index is -0.353. The lowest BCUT2D eigenvalue weighted by molar-refractivity contribution is 0.617. The molecule has 0 fully saturated rings. The zero-order valence-corrected chi connectivity index (χ0v) is 11.2. The quantitative estimate of drug-likeness (QED) is 0.917. The molecule has 0 aliphatic heterocycles. The van der Waals surface area contributed by atoms with E-state index in [1.807, 2.05) is 24.1 Å². The van der Waals surface area contributed by atoms with Crippen LogP contribution in [0, 0.1) is 12.7 Å². The van der Waals surface area contributed by atoms with E-state index >= 15 is 0 Å². The molecule has 0 aliphatic rings. The Morgan fingerprint density at radius 2 is 2.00 bits per heavy atom. The van der Waals surface area contributed by atoms with Crippen LogP contribution in [-0.2, 0) is 13.1 Å². The Labute approximate surface area is 112 Å². The van der Waals surface area contributed by atoms with Crippen molar-refractivity contribution in [3.63, 3.8) is 0 Å². The van der Waals surface area contributed by atoms with E-state index in [0.29, 0.717) is 0 Å². The van der Waals surface area contributed by atoms with Crippen molar-refractivity contribution in [3.8, 4) is 0 Å². The van der Waals surface area contributed by atoms with Crippen molar-refractivity contribution in [2.24, 2.45) is 5.73 Å². The monoisotopic (exact) mass is 259 g/mol. The van der Waals surface area contributed by atoms with Crippen LogP contribution in [0.1, 0.15) is 16.7 Å². The standard InChI is InChI=1S/C15H18FN3/c1-11-5-3-4-6-12(11)10-19(2)15-13(8-17)7-14(16)9-18-15/h3-7,9H,8,10,17H2,1-2H3. The fraction of sp³-hybridized carbons (Fsp3) is 0.267. The molecule has 0 atom stereocenters. The van der Waals surface area contributed by atoms with Crippen molar-refractivity contribution < 1.29 is 4.39 Å². The molecule has 2 N–H and O–H groups in total. The van der Waals surface area contributed by atoms with E-state index in [1.54, 1.807) is 0 Å². The lowest BCUT2D eigenvalue weighted by Gasteiger charge is -2.21. The number of pyridine rings is 1. The van der Waals surface area contributed by atoms with Crippen LogP contribution >= 0.6 is 0 Å². The van der Waals surface area contributed by atoms with E-state index in [9.17, 15) is 4.39 Å². The third-order valence-corrected chi connectivity index (χ3v) is 3.16. The topological polar surface area (TPSA) is 42.2 Å². The normalized spacial score (nSPS) is 10.5. The van der Waals surface area contributed by atoms with Crippen LogP contribution in [0.3, 0.4) is 0 Å². The van der Waals surface area contributed by atoms with Crippen LogP contribution in [0.2, 0.25) is 0 Å². The number of nitrogens with zero attached hydrogens (tertiary/aromatic N) is 2. The highest BCUT2D eigenvalue weighted by molar-refractivity contribution is 5.47. The van der Waals surface area contributed by atoms with Gasteiger partial charge in [-0.3, -0.25) is 0 Å². The number of nitrogens with two attached hydrogens (primary N) is 1. The maximum atomic E-state index is 13.2. The Kier molecular flexibility index (Phi) is 4.12. The number of anilines is 1. The highest BCUT2D eigenvalue weighted by Crippen LogP contribution is 2.20. The maximum Gasteiger partial charge on any atom is 0.141 e. The predicted molar refractivity (Wildman–Crippen MR) is 75.4 cm³/mol. The molecule has 2 aromatic rings. The number of benzene rings is 1. The lowest BCUT2D eigenvalue weighted by atomic mass is 10.1. The van der Waals surface area contributed by atoms with Gasteiger partial charge in [-0.1, -0.05) is 24.3 Å². The molecule has 0 amide bonds. The summed E-state index contributed by atoms with van der Waals surface area (Å²) < 4.78 is 13.2. The van der Waals surface area contributed by atoms with Crippen LogP contribution in [0.25, 0.3) is 0 Å². The van der Waals surface area contributed by atoms with Crippen molar-refractivity contribution in [1.29, 1.82) is 0 Å². The summed E-state index contributed by atoms with van der Waals surface area (Å²) >= 11 is 0. The summed E-state index contributed by atoms with van der Waals surface area (Å²) in [6.45, 7) is 3.07. The van der Waals surface area contributed by atoms with Gasteiger partial charge in [0.1, 0.15) is 11.6 Å². The van der Waals surface area contributed by atoms with Gasteiger partial charge in [0.15, 0.2) is 0 Å². The number of hydrogen-bond donors (Lipinski definition) is 1. The van der Waals surface area contributed by atoms with Gasteiger partial charge >= 0.3 is 0 Å². The van der Waals surface area contributed by atoms with Crippen LogP contribution < -0.4 is 10.6 Å². The minimum Gasteiger partial charge on any atom is -0.355 e. The van der Waals surface area contributed by atoms with Gasteiger partial charge in [0.05, 0.1) is 6.20 Å². The first-order chi connectivity index (χ1) is 9.11. The van der Waals surface area contributed by atoms with E-state index in [1.165, 1.54) is 23.4 Å². The summed E-state index contributed by atoms with van der Waals surface area (Å²) in [5, 5.41) is 0. The van der Waals surface area contributed by atoms with Gasteiger partial charge in [-0.25, -0.2) is 9.37 Å².